The van der Waals surface area contributed by atoms with Crippen molar-refractivity contribution in [2.24, 2.45) is 0 Å². The van der Waals surface area contributed by atoms with Crippen molar-refractivity contribution < 1.29 is 26.3 Å². The summed E-state index contributed by atoms with van der Waals surface area (Å²) < 4.78 is 79.9. The Morgan fingerprint density at radius 3 is 2.35 bits per heavy atom. The molecule has 4 aromatic rings. The van der Waals surface area contributed by atoms with Crippen LogP contribution in [0.5, 0.6) is 0 Å². The van der Waals surface area contributed by atoms with E-state index in [4.69, 9.17) is 0 Å². The van der Waals surface area contributed by atoms with Crippen LogP contribution in [-0.4, -0.2) is 24.3 Å². The summed E-state index contributed by atoms with van der Waals surface area (Å²) in [5.74, 6) is -0.239. The second-order valence-corrected chi connectivity index (χ2v) is 9.56. The van der Waals surface area contributed by atoms with Gasteiger partial charge in [-0.3, -0.25) is 14.3 Å². The first-order chi connectivity index (χ1) is 19.0. The summed E-state index contributed by atoms with van der Waals surface area (Å²) in [4.78, 5) is 20.9. The Kier molecular flexibility index (Phi) is 9.06. The van der Waals surface area contributed by atoms with Crippen molar-refractivity contribution in [1.29, 1.82) is 0 Å². The third-order valence-corrected chi connectivity index (χ3v) is 6.61. The number of hydrogen-bond acceptors (Lipinski definition) is 4. The number of aromatic nitrogens is 5. The Balaban J connectivity index is 0.000000398. The predicted molar refractivity (Wildman–Crippen MR) is 136 cm³/mol. The second kappa shape index (κ2) is 12.5. The maximum Gasteiger partial charge on any atom is 0.418 e. The highest BCUT2D eigenvalue weighted by Crippen LogP contribution is 2.33. The van der Waals surface area contributed by atoms with Crippen molar-refractivity contribution in [3.63, 3.8) is 0 Å². The Morgan fingerprint density at radius 1 is 1.00 bits per heavy atom. The molecular formula is C28H27F6N5O. The quantitative estimate of drug-likeness (QED) is 0.242. The molecule has 0 atom stereocenters. The topological polar surface area (TPSA) is 65.6 Å². The molecule has 40 heavy (non-hydrogen) atoms. The molecule has 0 unspecified atom stereocenters. The number of benzene rings is 1. The lowest BCUT2D eigenvalue weighted by molar-refractivity contribution is -0.138. The maximum atomic E-state index is 13.4. The predicted octanol–water partition coefficient (Wildman–Crippen LogP) is 7.15. The smallest absolute Gasteiger partial charge is 0.280 e. The minimum absolute atomic E-state index is 0.0766. The zero-order valence-electron chi connectivity index (χ0n) is 21.6. The lowest BCUT2D eigenvalue weighted by Crippen LogP contribution is -2.30. The summed E-state index contributed by atoms with van der Waals surface area (Å²) in [5, 5.41) is 4.17. The van der Waals surface area contributed by atoms with Crippen LogP contribution in [0, 0.1) is 12.7 Å². The normalized spacial score (nSPS) is 14.2. The third kappa shape index (κ3) is 7.16. The Labute approximate surface area is 226 Å². The molecule has 5 rings (SSSR count). The van der Waals surface area contributed by atoms with E-state index in [9.17, 15) is 31.1 Å². The van der Waals surface area contributed by atoms with Crippen LogP contribution in [-0.2, 0) is 12.7 Å². The van der Waals surface area contributed by atoms with Crippen LogP contribution in [0.15, 0.2) is 66.0 Å². The van der Waals surface area contributed by atoms with E-state index in [-0.39, 0.29) is 28.8 Å². The number of rotatable bonds is 5. The van der Waals surface area contributed by atoms with Crippen LogP contribution in [0.1, 0.15) is 67.0 Å². The lowest BCUT2D eigenvalue weighted by atomic mass is 9.84. The number of halogens is 6. The number of imidazole rings is 1. The summed E-state index contributed by atoms with van der Waals surface area (Å²) in [6.45, 7) is -1.44. The zero-order valence-corrected chi connectivity index (χ0v) is 21.6. The molecule has 0 bridgehead atoms. The van der Waals surface area contributed by atoms with E-state index >= 15 is 0 Å². The third-order valence-electron chi connectivity index (χ3n) is 6.61. The first-order valence-corrected chi connectivity index (χ1v) is 12.7. The van der Waals surface area contributed by atoms with Gasteiger partial charge in [-0.1, -0.05) is 31.4 Å². The van der Waals surface area contributed by atoms with Gasteiger partial charge in [0, 0.05) is 18.0 Å². The minimum atomic E-state index is -4.65. The van der Waals surface area contributed by atoms with Crippen LogP contribution < -0.4 is 5.56 Å². The van der Waals surface area contributed by atoms with Gasteiger partial charge in [0.1, 0.15) is 17.2 Å². The van der Waals surface area contributed by atoms with Crippen LogP contribution >= 0.6 is 0 Å². The molecule has 212 valence electrons. The van der Waals surface area contributed by atoms with E-state index in [1.54, 1.807) is 6.07 Å². The van der Waals surface area contributed by atoms with Crippen LogP contribution in [0.2, 0.25) is 0 Å². The summed E-state index contributed by atoms with van der Waals surface area (Å²) in [6.07, 6.45) is 3.04. The van der Waals surface area contributed by atoms with Gasteiger partial charge in [0.05, 0.1) is 24.1 Å². The van der Waals surface area contributed by atoms with Gasteiger partial charge in [0.15, 0.2) is 0 Å². The van der Waals surface area contributed by atoms with Crippen molar-refractivity contribution in [1.82, 2.24) is 24.3 Å². The molecule has 1 fully saturated rings. The maximum absolute atomic E-state index is 13.4. The van der Waals surface area contributed by atoms with Crippen LogP contribution in [0.25, 0.3) is 11.4 Å². The van der Waals surface area contributed by atoms with E-state index < -0.39 is 30.4 Å². The molecule has 0 aliphatic heterocycles. The minimum Gasteiger partial charge on any atom is -0.280 e. The fourth-order valence-electron chi connectivity index (χ4n) is 4.65. The highest BCUT2D eigenvalue weighted by molar-refractivity contribution is 5.53. The Bertz CT molecular complexity index is 1470. The summed E-state index contributed by atoms with van der Waals surface area (Å²) in [6, 6.07) is 10.1. The molecule has 1 aliphatic carbocycles. The summed E-state index contributed by atoms with van der Waals surface area (Å²) in [5.41, 5.74) is -0.189. The first kappa shape index (κ1) is 29.0. The molecule has 0 spiro atoms. The van der Waals surface area contributed by atoms with E-state index in [2.05, 4.69) is 15.1 Å². The number of hydrogen-bond donors (Lipinski definition) is 0. The van der Waals surface area contributed by atoms with Gasteiger partial charge < -0.3 is 0 Å². The SMILES string of the molecule is Cc1cccc(F)c1.O=c1c(C2CCCCC2)cc(-c2cn(C(F)F)cn2)nn1Cc1ncccc1C(F)(F)F. The molecule has 0 N–H and O–H groups in total. The van der Waals surface area contributed by atoms with E-state index in [1.165, 1.54) is 30.5 Å². The molecule has 6 nitrogen and oxygen atoms in total. The lowest BCUT2D eigenvalue weighted by Gasteiger charge is -2.22. The molecular weight excluding hydrogens is 536 g/mol. The number of nitrogens with zero attached hydrogens (tertiary/aromatic N) is 5. The van der Waals surface area contributed by atoms with Gasteiger partial charge in [-0.15, -0.1) is 0 Å². The average molecular weight is 564 g/mol. The molecule has 0 amide bonds. The highest BCUT2D eigenvalue weighted by atomic mass is 19.4. The highest BCUT2D eigenvalue weighted by Gasteiger charge is 2.34. The van der Waals surface area contributed by atoms with Crippen molar-refractivity contribution in [3.05, 3.63) is 99.7 Å². The summed E-state index contributed by atoms with van der Waals surface area (Å²) in [7, 11) is 0. The van der Waals surface area contributed by atoms with Crippen molar-refractivity contribution in [3.8, 4) is 11.4 Å². The molecule has 12 heteroatoms. The van der Waals surface area contributed by atoms with E-state index in [0.717, 1.165) is 60.9 Å². The number of pyridine rings is 1. The Hall–Kier alpha value is -3.96. The fraction of sp³-hybridized carbons (Fsp3) is 0.357. The summed E-state index contributed by atoms with van der Waals surface area (Å²) >= 11 is 0. The molecule has 3 aromatic heterocycles. The monoisotopic (exact) mass is 563 g/mol. The van der Waals surface area contributed by atoms with Gasteiger partial charge in [-0.25, -0.2) is 14.1 Å². The standard InChI is InChI=1S/C21H20F5N5O.C7H7F/c22-20(23)30-10-18(28-12-30)16-9-14(13-5-2-1-3-6-13)19(32)31(29-16)11-17-15(21(24,25)26)7-4-8-27-17;1-6-3-2-4-7(8)5-6/h4,7-10,12-13,20H,1-3,5-6,11H2;2-5H,1H3. The molecule has 1 aromatic carbocycles. The fourth-order valence-corrected chi connectivity index (χ4v) is 4.65. The number of aryl methyl sites for hydroxylation is 1. The van der Waals surface area contributed by atoms with Crippen molar-refractivity contribution in [2.75, 3.05) is 0 Å². The van der Waals surface area contributed by atoms with Gasteiger partial charge in [-0.2, -0.15) is 27.1 Å². The first-order valence-electron chi connectivity index (χ1n) is 12.7. The van der Waals surface area contributed by atoms with Gasteiger partial charge >= 0.3 is 12.7 Å². The molecule has 1 saturated carbocycles. The number of alkyl halides is 5. The molecule has 0 saturated heterocycles. The van der Waals surface area contributed by atoms with Gasteiger partial charge in [-0.05, 0) is 61.6 Å². The second-order valence-electron chi connectivity index (χ2n) is 9.56. The van der Waals surface area contributed by atoms with E-state index in [0.29, 0.717) is 10.1 Å². The molecule has 1 aliphatic rings. The Morgan fingerprint density at radius 2 is 1.75 bits per heavy atom. The van der Waals surface area contributed by atoms with Crippen LogP contribution in [0.4, 0.5) is 26.3 Å². The molecule has 3 heterocycles. The van der Waals surface area contributed by atoms with Gasteiger partial charge in [0.25, 0.3) is 5.56 Å². The van der Waals surface area contributed by atoms with E-state index in [1.807, 2.05) is 13.0 Å². The van der Waals surface area contributed by atoms with Crippen molar-refractivity contribution in [2.45, 2.75) is 64.2 Å². The van der Waals surface area contributed by atoms with Crippen molar-refractivity contribution >= 4 is 0 Å². The zero-order chi connectivity index (χ0) is 28.9. The molecule has 0 radical (unpaired) electrons. The average Bonchev–Trinajstić information content (AvgIpc) is 3.41. The largest absolute Gasteiger partial charge is 0.418 e. The van der Waals surface area contributed by atoms with Crippen LogP contribution in [0.3, 0.4) is 0 Å². The van der Waals surface area contributed by atoms with Gasteiger partial charge in [0.2, 0.25) is 0 Å².